The third-order valence-electron chi connectivity index (χ3n) is 3.31. The molecule has 1 heterocycles. The van der Waals surface area contributed by atoms with Crippen molar-refractivity contribution in [3.8, 4) is 6.07 Å². The maximum absolute atomic E-state index is 9.05. The Bertz CT molecular complexity index is 392. The molecule has 17 heavy (non-hydrogen) atoms. The summed E-state index contributed by atoms with van der Waals surface area (Å²) in [6, 6.07) is 10.1. The average Bonchev–Trinajstić information content (AvgIpc) is 2.39. The molecular formula is C13H18ClN3. The first-order valence-electron chi connectivity index (χ1n) is 5.79. The molecule has 1 aliphatic heterocycles. The summed E-state index contributed by atoms with van der Waals surface area (Å²) in [7, 11) is 0. The van der Waals surface area contributed by atoms with Crippen LogP contribution in [0.25, 0.3) is 0 Å². The quantitative estimate of drug-likeness (QED) is 0.876. The van der Waals surface area contributed by atoms with Crippen LogP contribution in [-0.2, 0) is 0 Å². The molecule has 0 radical (unpaired) electrons. The summed E-state index contributed by atoms with van der Waals surface area (Å²) in [6.45, 7) is 2.81. The molecule has 0 aromatic heterocycles. The number of nitriles is 1. The van der Waals surface area contributed by atoms with Crippen molar-refractivity contribution in [3.05, 3.63) is 29.8 Å². The molecule has 4 heteroatoms. The number of benzene rings is 1. The highest BCUT2D eigenvalue weighted by Gasteiger charge is 2.19. The van der Waals surface area contributed by atoms with Gasteiger partial charge in [0.25, 0.3) is 0 Å². The van der Waals surface area contributed by atoms with E-state index >= 15 is 0 Å². The first-order chi connectivity index (χ1) is 7.85. The zero-order chi connectivity index (χ0) is 11.4. The van der Waals surface area contributed by atoms with E-state index in [0.717, 1.165) is 43.7 Å². The Morgan fingerprint density at radius 2 is 1.94 bits per heavy atom. The van der Waals surface area contributed by atoms with Gasteiger partial charge in [0.2, 0.25) is 0 Å². The highest BCUT2D eigenvalue weighted by atomic mass is 35.5. The summed E-state index contributed by atoms with van der Waals surface area (Å²) in [4.78, 5) is 2.30. The zero-order valence-corrected chi connectivity index (χ0v) is 10.6. The van der Waals surface area contributed by atoms with Gasteiger partial charge < -0.3 is 10.6 Å². The highest BCUT2D eigenvalue weighted by molar-refractivity contribution is 5.85. The lowest BCUT2D eigenvalue weighted by atomic mass is 9.96. The van der Waals surface area contributed by atoms with Crippen LogP contribution in [0, 0.1) is 17.2 Å². The van der Waals surface area contributed by atoms with Crippen molar-refractivity contribution >= 4 is 18.1 Å². The predicted octanol–water partition coefficient (Wildman–Crippen LogP) is 2.16. The van der Waals surface area contributed by atoms with Gasteiger partial charge in [-0.25, -0.2) is 0 Å². The molecule has 1 aliphatic rings. The molecule has 0 unspecified atom stereocenters. The molecule has 0 spiro atoms. The minimum atomic E-state index is 0. The number of hydrogen-bond donors (Lipinski definition) is 1. The van der Waals surface area contributed by atoms with E-state index in [4.69, 9.17) is 11.0 Å². The van der Waals surface area contributed by atoms with Crippen LogP contribution >= 0.6 is 12.4 Å². The van der Waals surface area contributed by atoms with E-state index in [-0.39, 0.29) is 12.4 Å². The molecule has 2 N–H and O–H groups in total. The largest absolute Gasteiger partial charge is 0.370 e. The van der Waals surface area contributed by atoms with Crippen molar-refractivity contribution in [2.24, 2.45) is 11.7 Å². The van der Waals surface area contributed by atoms with E-state index in [2.05, 4.69) is 11.0 Å². The van der Waals surface area contributed by atoms with E-state index in [1.807, 2.05) is 24.3 Å². The van der Waals surface area contributed by atoms with Crippen LogP contribution in [-0.4, -0.2) is 19.6 Å². The SMILES string of the molecule is Cl.N#Cc1ccccc1N1CCC(CN)CC1. The number of nitrogens with two attached hydrogens (primary N) is 1. The third kappa shape index (κ3) is 3.12. The maximum Gasteiger partial charge on any atom is 0.101 e. The van der Waals surface area contributed by atoms with Gasteiger partial charge in [-0.1, -0.05) is 12.1 Å². The van der Waals surface area contributed by atoms with Crippen molar-refractivity contribution in [1.82, 2.24) is 0 Å². The lowest BCUT2D eigenvalue weighted by Crippen LogP contribution is -2.36. The maximum atomic E-state index is 9.05. The molecule has 1 aromatic rings. The number of piperidine rings is 1. The predicted molar refractivity (Wildman–Crippen MR) is 72.4 cm³/mol. The summed E-state index contributed by atoms with van der Waals surface area (Å²) >= 11 is 0. The molecule has 1 saturated heterocycles. The Hall–Kier alpha value is -1.24. The van der Waals surface area contributed by atoms with Gasteiger partial charge in [0.05, 0.1) is 11.3 Å². The van der Waals surface area contributed by atoms with Gasteiger partial charge >= 0.3 is 0 Å². The van der Waals surface area contributed by atoms with E-state index < -0.39 is 0 Å². The fraction of sp³-hybridized carbons (Fsp3) is 0.462. The second-order valence-electron chi connectivity index (χ2n) is 4.30. The second kappa shape index (κ2) is 6.48. The fourth-order valence-corrected chi connectivity index (χ4v) is 2.25. The molecule has 0 aliphatic carbocycles. The molecule has 0 bridgehead atoms. The Kier molecular flexibility index (Phi) is 5.27. The molecule has 0 atom stereocenters. The minimum absolute atomic E-state index is 0. The zero-order valence-electron chi connectivity index (χ0n) is 9.80. The monoisotopic (exact) mass is 251 g/mol. The Balaban J connectivity index is 0.00000144. The van der Waals surface area contributed by atoms with Crippen LogP contribution in [0.2, 0.25) is 0 Å². The molecule has 1 aromatic carbocycles. The van der Waals surface area contributed by atoms with Gasteiger partial charge in [0, 0.05) is 13.1 Å². The Labute approximate surface area is 109 Å². The fourth-order valence-electron chi connectivity index (χ4n) is 2.25. The number of hydrogen-bond acceptors (Lipinski definition) is 3. The third-order valence-corrected chi connectivity index (χ3v) is 3.31. The van der Waals surface area contributed by atoms with Gasteiger partial charge in [-0.15, -0.1) is 12.4 Å². The smallest absolute Gasteiger partial charge is 0.101 e. The van der Waals surface area contributed by atoms with Gasteiger partial charge in [-0.2, -0.15) is 5.26 Å². The van der Waals surface area contributed by atoms with Crippen molar-refractivity contribution in [2.75, 3.05) is 24.5 Å². The van der Waals surface area contributed by atoms with Crippen molar-refractivity contribution < 1.29 is 0 Å². The molecule has 2 rings (SSSR count). The van der Waals surface area contributed by atoms with E-state index in [1.165, 1.54) is 0 Å². The normalized spacial score (nSPS) is 16.1. The summed E-state index contributed by atoms with van der Waals surface area (Å²) in [6.07, 6.45) is 2.27. The van der Waals surface area contributed by atoms with Gasteiger partial charge in [0.1, 0.15) is 6.07 Å². The average molecular weight is 252 g/mol. The molecule has 1 fully saturated rings. The second-order valence-corrected chi connectivity index (χ2v) is 4.30. The number of anilines is 1. The van der Waals surface area contributed by atoms with Crippen LogP contribution in [0.15, 0.2) is 24.3 Å². The summed E-state index contributed by atoms with van der Waals surface area (Å²) in [5.74, 6) is 0.658. The standard InChI is InChI=1S/C13H17N3.ClH/c14-9-11-5-7-16(8-6-11)13-4-2-1-3-12(13)10-15;/h1-4,11H,5-9,14H2;1H. The molecule has 92 valence electrons. The lowest BCUT2D eigenvalue weighted by molar-refractivity contribution is 0.414. The number of para-hydroxylation sites is 1. The van der Waals surface area contributed by atoms with Crippen molar-refractivity contribution in [3.63, 3.8) is 0 Å². The first-order valence-corrected chi connectivity index (χ1v) is 5.79. The Morgan fingerprint density at radius 3 is 2.53 bits per heavy atom. The molecule has 0 saturated carbocycles. The first kappa shape index (κ1) is 13.8. The minimum Gasteiger partial charge on any atom is -0.370 e. The summed E-state index contributed by atoms with van der Waals surface area (Å²) in [5.41, 5.74) is 7.51. The Morgan fingerprint density at radius 1 is 1.29 bits per heavy atom. The molecule has 3 nitrogen and oxygen atoms in total. The number of nitrogens with zero attached hydrogens (tertiary/aromatic N) is 2. The van der Waals surface area contributed by atoms with Crippen molar-refractivity contribution in [2.45, 2.75) is 12.8 Å². The van der Waals surface area contributed by atoms with E-state index in [0.29, 0.717) is 5.92 Å². The van der Waals surface area contributed by atoms with Crippen LogP contribution in [0.4, 0.5) is 5.69 Å². The van der Waals surface area contributed by atoms with Crippen LogP contribution in [0.1, 0.15) is 18.4 Å². The van der Waals surface area contributed by atoms with Crippen molar-refractivity contribution in [1.29, 1.82) is 5.26 Å². The molecule has 0 amide bonds. The van der Waals surface area contributed by atoms with Crippen LogP contribution < -0.4 is 10.6 Å². The molecular weight excluding hydrogens is 234 g/mol. The van der Waals surface area contributed by atoms with Crippen LogP contribution in [0.3, 0.4) is 0 Å². The van der Waals surface area contributed by atoms with Gasteiger partial charge in [-0.3, -0.25) is 0 Å². The lowest BCUT2D eigenvalue weighted by Gasteiger charge is -2.33. The summed E-state index contributed by atoms with van der Waals surface area (Å²) in [5, 5.41) is 9.05. The topological polar surface area (TPSA) is 53.0 Å². The van der Waals surface area contributed by atoms with E-state index in [1.54, 1.807) is 0 Å². The van der Waals surface area contributed by atoms with E-state index in [9.17, 15) is 0 Å². The van der Waals surface area contributed by atoms with Gasteiger partial charge in [0.15, 0.2) is 0 Å². The highest BCUT2D eigenvalue weighted by Crippen LogP contribution is 2.25. The van der Waals surface area contributed by atoms with Crippen LogP contribution in [0.5, 0.6) is 0 Å². The number of rotatable bonds is 2. The van der Waals surface area contributed by atoms with Gasteiger partial charge in [-0.05, 0) is 37.4 Å². The number of halogens is 1. The summed E-state index contributed by atoms with van der Waals surface area (Å²) < 4.78 is 0.